The van der Waals surface area contributed by atoms with Gasteiger partial charge in [-0.05, 0) is 38.0 Å². The van der Waals surface area contributed by atoms with Crippen LogP contribution in [0.4, 0.5) is 4.39 Å². The van der Waals surface area contributed by atoms with Crippen LogP contribution in [0.3, 0.4) is 0 Å². The number of halogens is 1. The summed E-state index contributed by atoms with van der Waals surface area (Å²) in [5.74, 6) is 0.0957. The molecule has 0 radical (unpaired) electrons. The van der Waals surface area contributed by atoms with Gasteiger partial charge >= 0.3 is 0 Å². The van der Waals surface area contributed by atoms with Gasteiger partial charge in [0.15, 0.2) is 5.82 Å². The van der Waals surface area contributed by atoms with Crippen LogP contribution in [0.1, 0.15) is 24.6 Å². The molecule has 3 rings (SSSR count). The molecule has 1 atom stereocenters. The molecule has 1 aliphatic heterocycles. The predicted molar refractivity (Wildman–Crippen MR) is 82.1 cm³/mol. The molecule has 7 nitrogen and oxygen atoms in total. The van der Waals surface area contributed by atoms with Gasteiger partial charge < -0.3 is 9.63 Å². The van der Waals surface area contributed by atoms with E-state index in [9.17, 15) is 17.9 Å². The molecule has 1 aliphatic rings. The second kappa shape index (κ2) is 6.23. The summed E-state index contributed by atoms with van der Waals surface area (Å²) in [6.07, 6.45) is 0.977. The number of hydrogen-bond donors (Lipinski definition) is 1. The highest BCUT2D eigenvalue weighted by Gasteiger charge is 2.40. The summed E-state index contributed by atoms with van der Waals surface area (Å²) in [6.45, 7) is 1.83. The lowest BCUT2D eigenvalue weighted by atomic mass is 9.91. The molecule has 24 heavy (non-hydrogen) atoms. The molecule has 1 fully saturated rings. The summed E-state index contributed by atoms with van der Waals surface area (Å²) in [5, 5.41) is 14.4. The lowest BCUT2D eigenvalue weighted by Gasteiger charge is -2.37. The summed E-state index contributed by atoms with van der Waals surface area (Å²) in [4.78, 5) is 3.93. The fourth-order valence-corrected chi connectivity index (χ4v) is 4.48. The molecule has 1 N–H and O–H groups in total. The van der Waals surface area contributed by atoms with Crippen molar-refractivity contribution in [1.82, 2.24) is 14.4 Å². The zero-order valence-corrected chi connectivity index (χ0v) is 14.0. The quantitative estimate of drug-likeness (QED) is 0.887. The first-order chi connectivity index (χ1) is 11.3. The van der Waals surface area contributed by atoms with Crippen molar-refractivity contribution in [2.45, 2.75) is 36.7 Å². The van der Waals surface area contributed by atoms with Crippen LogP contribution in [0.15, 0.2) is 33.7 Å². The molecular weight excluding hydrogens is 337 g/mol. The Morgan fingerprint density at radius 2 is 2.25 bits per heavy atom. The molecule has 0 saturated carbocycles. The topological polar surface area (TPSA) is 96.5 Å². The number of benzene rings is 1. The second-order valence-corrected chi connectivity index (χ2v) is 7.97. The highest BCUT2D eigenvalue weighted by molar-refractivity contribution is 7.89. The standard InChI is InChI=1S/C15H18FN3O4S/c1-11-17-14(23-18-11)9-15(20)6-3-7-19(10-15)24(21,22)13-5-2-4-12(16)8-13/h2,4-5,8,20H,3,6-7,9-10H2,1H3. The molecule has 9 heteroatoms. The lowest BCUT2D eigenvalue weighted by molar-refractivity contribution is -0.0129. The smallest absolute Gasteiger partial charge is 0.243 e. The summed E-state index contributed by atoms with van der Waals surface area (Å²) in [6, 6.07) is 4.85. The maximum Gasteiger partial charge on any atom is 0.243 e. The number of sulfonamides is 1. The van der Waals surface area contributed by atoms with Gasteiger partial charge in [-0.1, -0.05) is 11.2 Å². The van der Waals surface area contributed by atoms with Crippen LogP contribution in [-0.4, -0.2) is 46.7 Å². The van der Waals surface area contributed by atoms with Crippen LogP contribution in [0.5, 0.6) is 0 Å². The van der Waals surface area contributed by atoms with Crippen molar-refractivity contribution in [3.05, 3.63) is 41.8 Å². The third-order valence-electron chi connectivity index (χ3n) is 4.00. The molecule has 130 valence electrons. The van der Waals surface area contributed by atoms with Gasteiger partial charge in [0.25, 0.3) is 0 Å². The van der Waals surface area contributed by atoms with Crippen LogP contribution >= 0.6 is 0 Å². The molecule has 0 bridgehead atoms. The van der Waals surface area contributed by atoms with E-state index in [0.717, 1.165) is 6.07 Å². The Morgan fingerprint density at radius 1 is 1.46 bits per heavy atom. The first-order valence-corrected chi connectivity index (χ1v) is 9.00. The molecule has 0 spiro atoms. The number of piperidine rings is 1. The molecule has 1 aromatic heterocycles. The van der Waals surface area contributed by atoms with Crippen LogP contribution in [0, 0.1) is 12.7 Å². The van der Waals surface area contributed by atoms with Crippen molar-refractivity contribution in [2.24, 2.45) is 0 Å². The van der Waals surface area contributed by atoms with Crippen molar-refractivity contribution in [2.75, 3.05) is 13.1 Å². The Labute approximate surface area is 139 Å². The third-order valence-corrected chi connectivity index (χ3v) is 5.85. The number of aliphatic hydroxyl groups is 1. The van der Waals surface area contributed by atoms with Gasteiger partial charge in [-0.25, -0.2) is 12.8 Å². The number of nitrogens with zero attached hydrogens (tertiary/aromatic N) is 3. The van der Waals surface area contributed by atoms with Crippen molar-refractivity contribution >= 4 is 10.0 Å². The fraction of sp³-hybridized carbons (Fsp3) is 0.467. The van der Waals surface area contributed by atoms with Crippen molar-refractivity contribution in [3.63, 3.8) is 0 Å². The van der Waals surface area contributed by atoms with Gasteiger partial charge in [-0.3, -0.25) is 0 Å². The number of aromatic nitrogens is 2. The molecule has 1 aromatic carbocycles. The van der Waals surface area contributed by atoms with Crippen molar-refractivity contribution in [1.29, 1.82) is 0 Å². The van der Waals surface area contributed by atoms with Crippen molar-refractivity contribution in [3.8, 4) is 0 Å². The van der Waals surface area contributed by atoms with E-state index in [1.807, 2.05) is 0 Å². The summed E-state index contributed by atoms with van der Waals surface area (Å²) < 4.78 is 44.9. The minimum Gasteiger partial charge on any atom is -0.388 e. The number of hydrogen-bond acceptors (Lipinski definition) is 6. The molecule has 1 saturated heterocycles. The number of β-amino-alcohol motifs (C(OH)–C–C–N with tert-alkyl or cyclic N) is 1. The van der Waals surface area contributed by atoms with Crippen molar-refractivity contribution < 1.29 is 22.4 Å². The van der Waals surface area contributed by atoms with E-state index in [4.69, 9.17) is 4.52 Å². The predicted octanol–water partition coefficient (Wildman–Crippen LogP) is 1.28. The Kier molecular flexibility index (Phi) is 4.41. The zero-order chi connectivity index (χ0) is 17.4. The van der Waals surface area contributed by atoms with E-state index in [0.29, 0.717) is 18.7 Å². The Balaban J connectivity index is 1.82. The van der Waals surface area contributed by atoms with Crippen LogP contribution in [-0.2, 0) is 16.4 Å². The fourth-order valence-electron chi connectivity index (χ4n) is 2.89. The molecular formula is C15H18FN3O4S. The first kappa shape index (κ1) is 17.0. The van der Waals surface area contributed by atoms with Gasteiger partial charge in [0.2, 0.25) is 15.9 Å². The Morgan fingerprint density at radius 3 is 2.92 bits per heavy atom. The first-order valence-electron chi connectivity index (χ1n) is 7.56. The summed E-state index contributed by atoms with van der Waals surface area (Å²) >= 11 is 0. The minimum atomic E-state index is -3.88. The Hall–Kier alpha value is -1.84. The SMILES string of the molecule is Cc1noc(CC2(O)CCCN(S(=O)(=O)c3cccc(F)c3)C2)n1. The van der Waals surface area contributed by atoms with Gasteiger partial charge in [-0.15, -0.1) is 0 Å². The molecule has 1 unspecified atom stereocenters. The monoisotopic (exact) mass is 355 g/mol. The normalized spacial score (nSPS) is 22.6. The minimum absolute atomic E-state index is 0.0724. The lowest BCUT2D eigenvalue weighted by Crippen LogP contribution is -2.51. The number of aryl methyl sites for hydroxylation is 1. The molecule has 0 amide bonds. The highest BCUT2D eigenvalue weighted by Crippen LogP contribution is 2.29. The average Bonchev–Trinajstić information content (AvgIpc) is 2.91. The van der Waals surface area contributed by atoms with E-state index >= 15 is 0 Å². The zero-order valence-electron chi connectivity index (χ0n) is 13.1. The Bertz CT molecular complexity index is 839. The van der Waals surface area contributed by atoms with E-state index < -0.39 is 21.4 Å². The highest BCUT2D eigenvalue weighted by atomic mass is 32.2. The van der Waals surface area contributed by atoms with E-state index in [1.54, 1.807) is 6.92 Å². The van der Waals surface area contributed by atoms with Crippen LogP contribution in [0.2, 0.25) is 0 Å². The van der Waals surface area contributed by atoms with Gasteiger partial charge in [0.05, 0.1) is 16.9 Å². The average molecular weight is 355 g/mol. The van der Waals surface area contributed by atoms with Crippen LogP contribution < -0.4 is 0 Å². The maximum absolute atomic E-state index is 13.3. The van der Waals surface area contributed by atoms with E-state index in [1.165, 1.54) is 22.5 Å². The summed E-state index contributed by atoms with van der Waals surface area (Å²) in [7, 11) is -3.88. The third kappa shape index (κ3) is 3.47. The largest absolute Gasteiger partial charge is 0.388 e. The molecule has 2 heterocycles. The van der Waals surface area contributed by atoms with E-state index in [-0.39, 0.29) is 30.3 Å². The van der Waals surface area contributed by atoms with E-state index in [2.05, 4.69) is 10.1 Å². The second-order valence-electron chi connectivity index (χ2n) is 6.04. The number of rotatable bonds is 4. The van der Waals surface area contributed by atoms with Gasteiger partial charge in [0.1, 0.15) is 5.82 Å². The summed E-state index contributed by atoms with van der Waals surface area (Å²) in [5.41, 5.74) is -1.29. The molecule has 0 aliphatic carbocycles. The molecule has 2 aromatic rings. The van der Waals surface area contributed by atoms with Gasteiger partial charge in [-0.2, -0.15) is 9.29 Å². The van der Waals surface area contributed by atoms with Gasteiger partial charge in [0, 0.05) is 13.1 Å². The maximum atomic E-state index is 13.3. The van der Waals surface area contributed by atoms with Crippen LogP contribution in [0.25, 0.3) is 0 Å².